The third-order valence-electron chi connectivity index (χ3n) is 3.37. The molecular weight excluding hydrogens is 295 g/mol. The summed E-state index contributed by atoms with van der Waals surface area (Å²) in [6.45, 7) is 3.63. The van der Waals surface area contributed by atoms with Gasteiger partial charge < -0.3 is 9.80 Å². The van der Waals surface area contributed by atoms with Gasteiger partial charge in [-0.05, 0) is 18.2 Å². The number of halogens is 2. The molecule has 1 saturated heterocycles. The summed E-state index contributed by atoms with van der Waals surface area (Å²) in [5.41, 5.74) is 1.16. The third-order valence-corrected chi connectivity index (χ3v) is 3.79. The number of nitrogens with zero attached hydrogens (tertiary/aromatic N) is 4. The first kappa shape index (κ1) is 13.5. The first-order valence-electron chi connectivity index (χ1n) is 6.45. The zero-order chi connectivity index (χ0) is 13.9. The van der Waals surface area contributed by atoms with Gasteiger partial charge in [-0.2, -0.15) is 0 Å². The minimum Gasteiger partial charge on any atom is -0.368 e. The van der Waals surface area contributed by atoms with Crippen molar-refractivity contribution in [3.8, 4) is 0 Å². The molecule has 3 rings (SSSR count). The highest BCUT2D eigenvalue weighted by atomic mass is 35.5. The van der Waals surface area contributed by atoms with Crippen LogP contribution >= 0.6 is 23.2 Å². The lowest BCUT2D eigenvalue weighted by Crippen LogP contribution is -2.46. The fraction of sp³-hybridized carbons (Fsp3) is 0.286. The summed E-state index contributed by atoms with van der Waals surface area (Å²) < 4.78 is 0. The van der Waals surface area contributed by atoms with Crippen LogP contribution in [-0.4, -0.2) is 36.1 Å². The van der Waals surface area contributed by atoms with Gasteiger partial charge in [-0.3, -0.25) is 4.98 Å². The van der Waals surface area contributed by atoms with Gasteiger partial charge >= 0.3 is 0 Å². The lowest BCUT2D eigenvalue weighted by Gasteiger charge is -2.36. The van der Waals surface area contributed by atoms with E-state index in [1.165, 1.54) is 0 Å². The number of rotatable bonds is 2. The van der Waals surface area contributed by atoms with Gasteiger partial charge in [-0.15, -0.1) is 0 Å². The summed E-state index contributed by atoms with van der Waals surface area (Å²) in [7, 11) is 0. The highest BCUT2D eigenvalue weighted by molar-refractivity contribution is 6.30. The molecule has 1 aromatic heterocycles. The molecule has 0 aliphatic carbocycles. The van der Waals surface area contributed by atoms with E-state index in [9.17, 15) is 0 Å². The van der Waals surface area contributed by atoms with Crippen molar-refractivity contribution < 1.29 is 0 Å². The van der Waals surface area contributed by atoms with E-state index in [4.69, 9.17) is 23.2 Å². The fourth-order valence-corrected chi connectivity index (χ4v) is 2.68. The number of anilines is 2. The van der Waals surface area contributed by atoms with Crippen LogP contribution < -0.4 is 9.80 Å². The molecule has 1 fully saturated rings. The summed E-state index contributed by atoms with van der Waals surface area (Å²) in [6.07, 6.45) is 3.30. The zero-order valence-corrected chi connectivity index (χ0v) is 12.3. The zero-order valence-electron chi connectivity index (χ0n) is 10.8. The number of aromatic nitrogens is 2. The number of piperazine rings is 1. The Kier molecular flexibility index (Phi) is 3.94. The van der Waals surface area contributed by atoms with Crippen LogP contribution in [0.1, 0.15) is 0 Å². The van der Waals surface area contributed by atoms with Gasteiger partial charge in [0.2, 0.25) is 0 Å². The molecule has 1 aliphatic rings. The molecule has 0 spiro atoms. The topological polar surface area (TPSA) is 32.3 Å². The molecule has 104 valence electrons. The number of hydrogen-bond acceptors (Lipinski definition) is 4. The molecule has 0 atom stereocenters. The van der Waals surface area contributed by atoms with Crippen molar-refractivity contribution in [1.82, 2.24) is 9.97 Å². The Labute approximate surface area is 128 Å². The molecule has 6 heteroatoms. The van der Waals surface area contributed by atoms with E-state index in [0.29, 0.717) is 5.15 Å². The highest BCUT2D eigenvalue weighted by Gasteiger charge is 2.18. The summed E-state index contributed by atoms with van der Waals surface area (Å²) in [5, 5.41) is 1.20. The van der Waals surface area contributed by atoms with Crippen LogP contribution in [0, 0.1) is 0 Å². The van der Waals surface area contributed by atoms with Gasteiger partial charge in [0.05, 0.1) is 12.4 Å². The van der Waals surface area contributed by atoms with Crippen LogP contribution in [0.5, 0.6) is 0 Å². The van der Waals surface area contributed by atoms with Crippen molar-refractivity contribution in [1.29, 1.82) is 0 Å². The Morgan fingerprint density at radius 1 is 0.950 bits per heavy atom. The maximum Gasteiger partial charge on any atom is 0.149 e. The van der Waals surface area contributed by atoms with E-state index < -0.39 is 0 Å². The normalized spacial score (nSPS) is 15.5. The molecule has 0 bridgehead atoms. The molecule has 1 aliphatic heterocycles. The Balaban J connectivity index is 1.68. The quantitative estimate of drug-likeness (QED) is 0.853. The van der Waals surface area contributed by atoms with E-state index in [-0.39, 0.29) is 0 Å². The second kappa shape index (κ2) is 5.85. The van der Waals surface area contributed by atoms with Gasteiger partial charge in [0, 0.05) is 36.9 Å². The van der Waals surface area contributed by atoms with Crippen LogP contribution in [-0.2, 0) is 0 Å². The van der Waals surface area contributed by atoms with E-state index in [1.54, 1.807) is 12.4 Å². The van der Waals surface area contributed by atoms with Crippen molar-refractivity contribution in [2.75, 3.05) is 36.0 Å². The monoisotopic (exact) mass is 308 g/mol. The van der Waals surface area contributed by atoms with E-state index in [1.807, 2.05) is 18.2 Å². The minimum absolute atomic E-state index is 0.430. The SMILES string of the molecule is Clc1cccc(N2CCN(c3cncc(Cl)n3)CC2)c1. The highest BCUT2D eigenvalue weighted by Crippen LogP contribution is 2.22. The molecule has 0 unspecified atom stereocenters. The largest absolute Gasteiger partial charge is 0.368 e. The molecule has 4 nitrogen and oxygen atoms in total. The minimum atomic E-state index is 0.430. The van der Waals surface area contributed by atoms with Crippen molar-refractivity contribution >= 4 is 34.7 Å². The first-order chi connectivity index (χ1) is 9.72. The predicted molar refractivity (Wildman–Crippen MR) is 82.9 cm³/mol. The second-order valence-electron chi connectivity index (χ2n) is 4.65. The van der Waals surface area contributed by atoms with Gasteiger partial charge in [-0.25, -0.2) is 4.98 Å². The van der Waals surface area contributed by atoms with Crippen molar-refractivity contribution in [3.05, 3.63) is 46.8 Å². The summed E-state index contributed by atoms with van der Waals surface area (Å²) in [6, 6.07) is 7.95. The van der Waals surface area contributed by atoms with Gasteiger partial charge in [-0.1, -0.05) is 29.3 Å². The Morgan fingerprint density at radius 2 is 1.70 bits per heavy atom. The molecule has 0 saturated carbocycles. The average molecular weight is 309 g/mol. The number of hydrogen-bond donors (Lipinski definition) is 0. The molecule has 0 N–H and O–H groups in total. The molecule has 0 radical (unpaired) electrons. The van der Waals surface area contributed by atoms with Crippen LogP contribution in [0.15, 0.2) is 36.7 Å². The molecule has 1 aromatic carbocycles. The molecule has 2 heterocycles. The van der Waals surface area contributed by atoms with Crippen molar-refractivity contribution in [3.63, 3.8) is 0 Å². The maximum absolute atomic E-state index is 6.04. The fourth-order valence-electron chi connectivity index (χ4n) is 2.35. The maximum atomic E-state index is 6.04. The molecular formula is C14H14Cl2N4. The van der Waals surface area contributed by atoms with E-state index in [2.05, 4.69) is 25.8 Å². The van der Waals surface area contributed by atoms with Crippen molar-refractivity contribution in [2.24, 2.45) is 0 Å². The van der Waals surface area contributed by atoms with Crippen LogP contribution in [0.3, 0.4) is 0 Å². The molecule has 20 heavy (non-hydrogen) atoms. The lowest BCUT2D eigenvalue weighted by molar-refractivity contribution is 0.646. The van der Waals surface area contributed by atoms with Crippen molar-refractivity contribution in [2.45, 2.75) is 0 Å². The Hall–Kier alpha value is -1.52. The standard InChI is InChI=1S/C14H14Cl2N4/c15-11-2-1-3-12(8-11)19-4-6-20(7-5-19)14-10-17-9-13(16)18-14/h1-3,8-10H,4-7H2. The lowest BCUT2D eigenvalue weighted by atomic mass is 10.2. The second-order valence-corrected chi connectivity index (χ2v) is 5.48. The average Bonchev–Trinajstić information content (AvgIpc) is 2.47. The smallest absolute Gasteiger partial charge is 0.149 e. The molecule has 2 aromatic rings. The Morgan fingerprint density at radius 3 is 2.40 bits per heavy atom. The predicted octanol–water partition coefficient (Wildman–Crippen LogP) is 3.11. The summed E-state index contributed by atoms with van der Waals surface area (Å²) in [5.74, 6) is 0.836. The number of benzene rings is 1. The van der Waals surface area contributed by atoms with Crippen LogP contribution in [0.2, 0.25) is 10.2 Å². The van der Waals surface area contributed by atoms with E-state index in [0.717, 1.165) is 42.7 Å². The summed E-state index contributed by atoms with van der Waals surface area (Å²) in [4.78, 5) is 12.9. The summed E-state index contributed by atoms with van der Waals surface area (Å²) >= 11 is 11.9. The Bertz CT molecular complexity index is 544. The van der Waals surface area contributed by atoms with Gasteiger partial charge in [0.1, 0.15) is 11.0 Å². The van der Waals surface area contributed by atoms with Gasteiger partial charge in [0.15, 0.2) is 0 Å². The third kappa shape index (κ3) is 2.97. The van der Waals surface area contributed by atoms with E-state index >= 15 is 0 Å². The molecule has 0 amide bonds. The van der Waals surface area contributed by atoms with Crippen LogP contribution in [0.25, 0.3) is 0 Å². The van der Waals surface area contributed by atoms with Gasteiger partial charge in [0.25, 0.3) is 0 Å². The van der Waals surface area contributed by atoms with Crippen LogP contribution in [0.4, 0.5) is 11.5 Å². The first-order valence-corrected chi connectivity index (χ1v) is 7.21.